The van der Waals surface area contributed by atoms with Gasteiger partial charge in [0.1, 0.15) is 12.7 Å². The lowest BCUT2D eigenvalue weighted by molar-refractivity contribution is -0.147. The van der Waals surface area contributed by atoms with Crippen LogP contribution in [0.1, 0.15) is 136 Å². The van der Waals surface area contributed by atoms with Crippen LogP contribution in [0.5, 0.6) is 0 Å². The van der Waals surface area contributed by atoms with Gasteiger partial charge in [0.15, 0.2) is 0 Å². The first-order chi connectivity index (χ1) is 22.3. The number of amides is 1. The molecule has 0 aromatic rings. The normalized spacial score (nSPS) is 14.1. The minimum absolute atomic E-state index is 0.0744. The Bertz CT molecular complexity index is 902. The first-order valence-corrected chi connectivity index (χ1v) is 19.1. The summed E-state index contributed by atoms with van der Waals surface area (Å²) in [4.78, 5) is 33.5. The Labute approximate surface area is 279 Å². The zero-order valence-corrected chi connectivity index (χ0v) is 29.6. The first kappa shape index (κ1) is 44.0. The summed E-state index contributed by atoms with van der Waals surface area (Å²) in [5.41, 5.74) is 0. The lowest BCUT2D eigenvalue weighted by atomic mass is 10.1. The van der Waals surface area contributed by atoms with Crippen molar-refractivity contribution in [1.29, 1.82) is 0 Å². The number of allylic oxidation sites excluding steroid dienone is 8. The number of unbranched alkanes of at least 4 members (excludes halogenated alkanes) is 11. The average molecular weight is 670 g/mol. The second-order valence-corrected chi connectivity index (χ2v) is 12.9. The molecule has 0 aliphatic heterocycles. The lowest BCUT2D eigenvalue weighted by Crippen LogP contribution is -2.27. The molecule has 0 saturated heterocycles. The first-order valence-electron chi connectivity index (χ1n) is 17.6. The molecule has 9 nitrogen and oxygen atoms in total. The van der Waals surface area contributed by atoms with Crippen LogP contribution in [0.4, 0.5) is 0 Å². The van der Waals surface area contributed by atoms with Gasteiger partial charge >= 0.3 is 13.8 Å². The number of phosphoric ester groups is 1. The Morgan fingerprint density at radius 2 is 1.20 bits per heavy atom. The van der Waals surface area contributed by atoms with E-state index in [1.54, 1.807) is 0 Å². The average Bonchev–Trinajstić information content (AvgIpc) is 3.04. The van der Waals surface area contributed by atoms with E-state index >= 15 is 0 Å². The molecule has 0 rings (SSSR count). The highest BCUT2D eigenvalue weighted by Gasteiger charge is 2.23. The number of esters is 1. The molecular weight excluding hydrogens is 605 g/mol. The topological polar surface area (TPSA) is 131 Å². The maximum atomic E-state index is 12.0. The molecule has 0 radical (unpaired) electrons. The third-order valence-corrected chi connectivity index (χ3v) is 8.00. The number of ether oxygens (including phenoxy) is 1. The lowest BCUT2D eigenvalue weighted by Gasteiger charge is -2.15. The van der Waals surface area contributed by atoms with Gasteiger partial charge in [-0.15, -0.1) is 0 Å². The molecule has 266 valence electrons. The molecule has 0 saturated carbocycles. The number of phosphoric acid groups is 1. The molecule has 0 aliphatic rings. The number of hydrogen-bond acceptors (Lipinski definition) is 7. The maximum absolute atomic E-state index is 12.0. The Morgan fingerprint density at radius 1 is 0.674 bits per heavy atom. The maximum Gasteiger partial charge on any atom is 0.472 e. The van der Waals surface area contributed by atoms with Gasteiger partial charge in [0.25, 0.3) is 0 Å². The van der Waals surface area contributed by atoms with Crippen molar-refractivity contribution >= 4 is 19.7 Å². The van der Waals surface area contributed by atoms with E-state index in [0.29, 0.717) is 12.8 Å². The van der Waals surface area contributed by atoms with Crippen LogP contribution in [-0.4, -0.2) is 54.3 Å². The molecule has 0 bridgehead atoms. The summed E-state index contributed by atoms with van der Waals surface area (Å²) < 4.78 is 26.6. The third-order valence-electron chi connectivity index (χ3n) is 7.01. The molecule has 10 heteroatoms. The number of rotatable bonds is 32. The van der Waals surface area contributed by atoms with Crippen molar-refractivity contribution in [1.82, 2.24) is 5.32 Å². The Kier molecular flexibility index (Phi) is 31.4. The van der Waals surface area contributed by atoms with Crippen molar-refractivity contribution in [3.8, 4) is 0 Å². The van der Waals surface area contributed by atoms with E-state index in [2.05, 4.69) is 61.7 Å². The van der Waals surface area contributed by atoms with Crippen LogP contribution in [0.25, 0.3) is 0 Å². The van der Waals surface area contributed by atoms with E-state index in [1.807, 2.05) is 6.08 Å². The molecule has 0 aromatic carbocycles. The molecule has 46 heavy (non-hydrogen) atoms. The number of hydrogen-bond donors (Lipinski definition) is 3. The minimum atomic E-state index is -4.41. The summed E-state index contributed by atoms with van der Waals surface area (Å²) in [5.74, 6) is -0.583. The van der Waals surface area contributed by atoms with Gasteiger partial charge in [0.05, 0.1) is 13.2 Å². The number of carbonyl (C=O) groups is 2. The van der Waals surface area contributed by atoms with Crippen molar-refractivity contribution in [2.75, 3.05) is 26.4 Å². The summed E-state index contributed by atoms with van der Waals surface area (Å²) in [6.07, 6.45) is 34.8. The smallest absolute Gasteiger partial charge is 0.463 e. The fourth-order valence-corrected chi connectivity index (χ4v) is 5.07. The second kappa shape index (κ2) is 32.9. The Morgan fingerprint density at radius 3 is 1.80 bits per heavy atom. The number of carbonyl (C=O) groups excluding carboxylic acids is 2. The highest BCUT2D eigenvalue weighted by atomic mass is 31.2. The largest absolute Gasteiger partial charge is 0.472 e. The molecule has 0 spiro atoms. The fourth-order valence-electron chi connectivity index (χ4n) is 4.31. The highest BCUT2D eigenvalue weighted by molar-refractivity contribution is 7.47. The molecule has 0 aliphatic carbocycles. The van der Waals surface area contributed by atoms with Crippen LogP contribution < -0.4 is 5.32 Å². The van der Waals surface area contributed by atoms with Crippen molar-refractivity contribution in [2.45, 2.75) is 142 Å². The van der Waals surface area contributed by atoms with E-state index in [4.69, 9.17) is 13.8 Å². The van der Waals surface area contributed by atoms with Gasteiger partial charge in [0, 0.05) is 19.4 Å². The molecule has 2 atom stereocenters. The zero-order chi connectivity index (χ0) is 34.0. The minimum Gasteiger partial charge on any atom is -0.463 e. The van der Waals surface area contributed by atoms with Crippen molar-refractivity contribution in [3.05, 3.63) is 48.6 Å². The number of aliphatic hydroxyl groups is 1. The van der Waals surface area contributed by atoms with Crippen molar-refractivity contribution < 1.29 is 37.9 Å². The molecule has 1 amide bonds. The Hall–Kier alpha value is -2.03. The fraction of sp³-hybridized carbons (Fsp3) is 0.722. The summed E-state index contributed by atoms with van der Waals surface area (Å²) in [6, 6.07) is 0. The van der Waals surface area contributed by atoms with Gasteiger partial charge in [-0.1, -0.05) is 120 Å². The van der Waals surface area contributed by atoms with Crippen LogP contribution in [0.15, 0.2) is 48.6 Å². The SMILES string of the molecule is CCCCC/C=C\C/C=C\C/C=C\C/C=C\CCCC(=O)OCC(O)COP(=O)(O)OCCNC(=O)CCCCCCCCCC. The monoisotopic (exact) mass is 669 g/mol. The van der Waals surface area contributed by atoms with Gasteiger partial charge in [-0.3, -0.25) is 18.6 Å². The van der Waals surface area contributed by atoms with Crippen molar-refractivity contribution in [2.24, 2.45) is 0 Å². The van der Waals surface area contributed by atoms with E-state index in [-0.39, 0.29) is 32.1 Å². The number of aliphatic hydroxyl groups excluding tert-OH is 1. The predicted octanol–water partition coefficient (Wildman–Crippen LogP) is 8.82. The third kappa shape index (κ3) is 33.3. The van der Waals surface area contributed by atoms with Gasteiger partial charge < -0.3 is 20.1 Å². The van der Waals surface area contributed by atoms with Gasteiger partial charge in [-0.25, -0.2) is 4.57 Å². The van der Waals surface area contributed by atoms with E-state index in [1.165, 1.54) is 57.8 Å². The molecule has 0 fully saturated rings. The van der Waals surface area contributed by atoms with E-state index in [0.717, 1.165) is 44.9 Å². The molecule has 0 aromatic heterocycles. The Balaban J connectivity index is 3.75. The standard InChI is InChI=1S/C36H64NO8P/c1-3-5-7-9-11-13-14-15-16-17-18-19-20-21-23-25-27-29-36(40)43-32-34(38)33-45-46(41,42)44-31-30-37-35(39)28-26-24-22-12-10-8-6-4-2/h11,13,15-16,18-19,21,23,34,38H,3-10,12,14,17,20,22,24-33H2,1-2H3,(H,37,39)(H,41,42)/b13-11-,16-15-,19-18-,23-21-. The number of nitrogens with one attached hydrogen (secondary N) is 1. The van der Waals surface area contributed by atoms with Crippen LogP contribution in [-0.2, 0) is 27.9 Å². The molecule has 3 N–H and O–H groups in total. The van der Waals surface area contributed by atoms with Crippen LogP contribution >= 0.6 is 7.82 Å². The van der Waals surface area contributed by atoms with E-state index < -0.39 is 26.5 Å². The second-order valence-electron chi connectivity index (χ2n) is 11.5. The molecule has 0 heterocycles. The zero-order valence-electron chi connectivity index (χ0n) is 28.8. The van der Waals surface area contributed by atoms with Gasteiger partial charge in [0.2, 0.25) is 5.91 Å². The quantitative estimate of drug-likeness (QED) is 0.0280. The van der Waals surface area contributed by atoms with Crippen LogP contribution in [0.3, 0.4) is 0 Å². The summed E-state index contributed by atoms with van der Waals surface area (Å²) >= 11 is 0. The van der Waals surface area contributed by atoms with E-state index in [9.17, 15) is 24.2 Å². The predicted molar refractivity (Wildman–Crippen MR) is 187 cm³/mol. The van der Waals surface area contributed by atoms with Crippen LogP contribution in [0, 0.1) is 0 Å². The summed E-state index contributed by atoms with van der Waals surface area (Å²) in [5, 5.41) is 12.6. The molecular formula is C36H64NO8P. The van der Waals surface area contributed by atoms with Gasteiger partial charge in [-0.05, 0) is 51.4 Å². The summed E-state index contributed by atoms with van der Waals surface area (Å²) in [6.45, 7) is 3.40. The van der Waals surface area contributed by atoms with Gasteiger partial charge in [-0.2, -0.15) is 0 Å². The summed E-state index contributed by atoms with van der Waals surface area (Å²) in [7, 11) is -4.41. The van der Waals surface area contributed by atoms with Crippen molar-refractivity contribution in [3.63, 3.8) is 0 Å². The molecule has 2 unspecified atom stereocenters. The highest BCUT2D eigenvalue weighted by Crippen LogP contribution is 2.42. The van der Waals surface area contributed by atoms with Crippen LogP contribution in [0.2, 0.25) is 0 Å².